The van der Waals surface area contributed by atoms with Gasteiger partial charge in [-0.05, 0) is 61.6 Å². The fourth-order valence-corrected chi connectivity index (χ4v) is 5.43. The van der Waals surface area contributed by atoms with Crippen LogP contribution in [0, 0.1) is 0 Å². The van der Waals surface area contributed by atoms with Crippen LogP contribution in [0.4, 0.5) is 5.69 Å². The molecule has 0 atom stereocenters. The van der Waals surface area contributed by atoms with Crippen LogP contribution in [0.1, 0.15) is 19.3 Å². The molecule has 0 unspecified atom stereocenters. The van der Waals surface area contributed by atoms with Crippen LogP contribution in [0.5, 0.6) is 0 Å². The molecule has 2 heterocycles. The summed E-state index contributed by atoms with van der Waals surface area (Å²) in [6.45, 7) is 2.20. The largest absolute Gasteiger partial charge is 0.326 e. The minimum atomic E-state index is -3.42. The summed E-state index contributed by atoms with van der Waals surface area (Å²) in [5.41, 5.74) is 0.728. The number of carbonyl (C=O) groups is 1. The molecule has 0 spiro atoms. The number of amides is 1. The molecule has 1 fully saturated rings. The highest BCUT2D eigenvalue weighted by molar-refractivity contribution is 7.91. The number of benzene rings is 1. The van der Waals surface area contributed by atoms with E-state index in [1.54, 1.807) is 41.8 Å². The molecule has 9 heteroatoms. The van der Waals surface area contributed by atoms with Crippen molar-refractivity contribution in [1.82, 2.24) is 9.62 Å². The summed E-state index contributed by atoms with van der Waals surface area (Å²) in [6, 6.07) is 10.3. The van der Waals surface area contributed by atoms with E-state index in [2.05, 4.69) is 14.9 Å². The van der Waals surface area contributed by atoms with E-state index in [4.69, 9.17) is 11.6 Å². The second-order valence-corrected chi connectivity index (χ2v) is 9.80. The Balaban J connectivity index is 1.39. The lowest BCUT2D eigenvalue weighted by molar-refractivity contribution is -0.116. The summed E-state index contributed by atoms with van der Waals surface area (Å²) in [5.74, 6) is -0.0437. The number of halogens is 1. The van der Waals surface area contributed by atoms with Gasteiger partial charge in [-0.3, -0.25) is 4.79 Å². The van der Waals surface area contributed by atoms with Crippen LogP contribution >= 0.6 is 22.9 Å². The predicted molar refractivity (Wildman–Crippen MR) is 109 cm³/mol. The maximum atomic E-state index is 12.3. The maximum Gasteiger partial charge on any atom is 0.250 e. The van der Waals surface area contributed by atoms with Crippen LogP contribution in [0.2, 0.25) is 5.02 Å². The van der Waals surface area contributed by atoms with Crippen LogP contribution in [0.25, 0.3) is 0 Å². The maximum absolute atomic E-state index is 12.3. The summed E-state index contributed by atoms with van der Waals surface area (Å²) in [6.07, 6.45) is 1.88. The van der Waals surface area contributed by atoms with E-state index < -0.39 is 10.0 Å². The first-order chi connectivity index (χ1) is 12.9. The average Bonchev–Trinajstić information content (AvgIpc) is 3.19. The number of anilines is 1. The van der Waals surface area contributed by atoms with Crippen LogP contribution < -0.4 is 10.0 Å². The molecular formula is C18H22ClN3O3S2. The highest BCUT2D eigenvalue weighted by atomic mass is 35.5. The van der Waals surface area contributed by atoms with Gasteiger partial charge in [-0.25, -0.2) is 13.1 Å². The third-order valence-corrected chi connectivity index (χ3v) is 7.62. The van der Waals surface area contributed by atoms with Gasteiger partial charge in [-0.15, -0.1) is 11.3 Å². The van der Waals surface area contributed by atoms with Gasteiger partial charge in [0.2, 0.25) is 15.9 Å². The normalized spacial score (nSPS) is 16.3. The Kier molecular flexibility index (Phi) is 6.88. The first-order valence-corrected chi connectivity index (χ1v) is 11.5. The second-order valence-electron chi connectivity index (χ2n) is 6.47. The monoisotopic (exact) mass is 427 g/mol. The van der Waals surface area contributed by atoms with Gasteiger partial charge >= 0.3 is 0 Å². The Morgan fingerprint density at radius 2 is 1.89 bits per heavy atom. The topological polar surface area (TPSA) is 78.5 Å². The van der Waals surface area contributed by atoms with Crippen molar-refractivity contribution < 1.29 is 13.2 Å². The Labute approximate surface area is 168 Å². The molecule has 2 N–H and O–H groups in total. The molecule has 0 saturated carbocycles. The van der Waals surface area contributed by atoms with Crippen LogP contribution in [0.15, 0.2) is 46.0 Å². The van der Waals surface area contributed by atoms with E-state index in [0.29, 0.717) is 22.2 Å². The van der Waals surface area contributed by atoms with Crippen LogP contribution in [-0.4, -0.2) is 44.9 Å². The number of thiophene rings is 1. The van der Waals surface area contributed by atoms with Gasteiger partial charge in [0.05, 0.1) is 0 Å². The molecule has 6 nitrogen and oxygen atoms in total. The highest BCUT2D eigenvalue weighted by Crippen LogP contribution is 2.19. The number of likely N-dealkylation sites (tertiary alicyclic amines) is 1. The quantitative estimate of drug-likeness (QED) is 0.711. The number of piperidine rings is 1. The lowest BCUT2D eigenvalue weighted by Crippen LogP contribution is -2.45. The molecule has 1 saturated heterocycles. The molecule has 1 amide bonds. The standard InChI is InChI=1S/C18H22ClN3O3S2/c19-14-3-5-15(6-4-14)20-17(23)9-12-22-10-7-16(8-11-22)21-27(24,25)18-2-1-13-26-18/h1-6,13,16,21H,7-12H2,(H,20,23). The fraction of sp³-hybridized carbons (Fsp3) is 0.389. The number of hydrogen-bond donors (Lipinski definition) is 2. The average molecular weight is 428 g/mol. The first-order valence-electron chi connectivity index (χ1n) is 8.76. The van der Waals surface area contributed by atoms with Crippen molar-refractivity contribution in [3.8, 4) is 0 Å². The van der Waals surface area contributed by atoms with Crippen LogP contribution in [0.3, 0.4) is 0 Å². The zero-order chi connectivity index (χ0) is 19.3. The number of hydrogen-bond acceptors (Lipinski definition) is 5. The van der Waals surface area contributed by atoms with E-state index in [0.717, 1.165) is 31.6 Å². The first kappa shape index (κ1) is 20.3. The molecular weight excluding hydrogens is 406 g/mol. The third-order valence-electron chi connectivity index (χ3n) is 4.45. The van der Waals surface area contributed by atoms with Gasteiger partial charge in [0.15, 0.2) is 0 Å². The smallest absolute Gasteiger partial charge is 0.250 e. The zero-order valence-electron chi connectivity index (χ0n) is 14.7. The van der Waals surface area contributed by atoms with E-state index in [1.165, 1.54) is 11.3 Å². The highest BCUT2D eigenvalue weighted by Gasteiger charge is 2.25. The van der Waals surface area contributed by atoms with E-state index in [1.807, 2.05) is 0 Å². The third kappa shape index (κ3) is 6.02. The summed E-state index contributed by atoms with van der Waals surface area (Å²) in [4.78, 5) is 14.3. The van der Waals surface area contributed by atoms with Crippen molar-refractivity contribution in [3.05, 3.63) is 46.8 Å². The number of nitrogens with one attached hydrogen (secondary N) is 2. The number of sulfonamides is 1. The van der Waals surface area contributed by atoms with Crippen molar-refractivity contribution >= 4 is 44.6 Å². The van der Waals surface area contributed by atoms with Gasteiger partial charge in [0.1, 0.15) is 4.21 Å². The van der Waals surface area contributed by atoms with E-state index in [9.17, 15) is 13.2 Å². The molecule has 0 radical (unpaired) electrons. The van der Waals surface area contributed by atoms with Gasteiger partial charge < -0.3 is 10.2 Å². The van der Waals surface area contributed by atoms with E-state index >= 15 is 0 Å². The molecule has 0 aliphatic carbocycles. The van der Waals surface area contributed by atoms with Gasteiger partial charge in [0, 0.05) is 29.7 Å². The van der Waals surface area contributed by atoms with Crippen molar-refractivity contribution in [1.29, 1.82) is 0 Å². The molecule has 0 bridgehead atoms. The molecule has 146 valence electrons. The molecule has 1 aliphatic rings. The molecule has 27 heavy (non-hydrogen) atoms. The van der Waals surface area contributed by atoms with Crippen LogP contribution in [-0.2, 0) is 14.8 Å². The van der Waals surface area contributed by atoms with Crippen molar-refractivity contribution in [2.45, 2.75) is 29.5 Å². The zero-order valence-corrected chi connectivity index (χ0v) is 17.1. The summed E-state index contributed by atoms with van der Waals surface area (Å²) in [5, 5.41) is 5.24. The Hall–Kier alpha value is -1.45. The number of nitrogens with zero attached hydrogens (tertiary/aromatic N) is 1. The summed E-state index contributed by atoms with van der Waals surface area (Å²) in [7, 11) is -3.42. The van der Waals surface area contributed by atoms with Crippen molar-refractivity contribution in [2.24, 2.45) is 0 Å². The molecule has 1 aliphatic heterocycles. The van der Waals surface area contributed by atoms with Gasteiger partial charge in [-0.1, -0.05) is 17.7 Å². The van der Waals surface area contributed by atoms with Crippen molar-refractivity contribution in [3.63, 3.8) is 0 Å². The molecule has 1 aromatic carbocycles. The minimum absolute atomic E-state index is 0.0437. The minimum Gasteiger partial charge on any atom is -0.326 e. The fourth-order valence-electron chi connectivity index (χ4n) is 2.98. The summed E-state index contributed by atoms with van der Waals surface area (Å²) >= 11 is 7.05. The van der Waals surface area contributed by atoms with Gasteiger partial charge in [-0.2, -0.15) is 0 Å². The number of carbonyl (C=O) groups excluding carboxylic acids is 1. The SMILES string of the molecule is O=C(CCN1CCC(NS(=O)(=O)c2cccs2)CC1)Nc1ccc(Cl)cc1. The number of rotatable bonds is 7. The van der Waals surface area contributed by atoms with Gasteiger partial charge in [0.25, 0.3) is 0 Å². The Morgan fingerprint density at radius 1 is 1.19 bits per heavy atom. The molecule has 1 aromatic heterocycles. The Morgan fingerprint density at radius 3 is 2.52 bits per heavy atom. The molecule has 3 rings (SSSR count). The lowest BCUT2D eigenvalue weighted by Gasteiger charge is -2.31. The van der Waals surface area contributed by atoms with Crippen molar-refractivity contribution in [2.75, 3.05) is 25.0 Å². The summed E-state index contributed by atoms with van der Waals surface area (Å²) < 4.78 is 27.7. The van der Waals surface area contributed by atoms with E-state index in [-0.39, 0.29) is 11.9 Å². The Bertz CT molecular complexity index is 846. The molecule has 2 aromatic rings. The lowest BCUT2D eigenvalue weighted by atomic mass is 10.1. The second kappa shape index (κ2) is 9.16. The predicted octanol–water partition coefficient (Wildman–Crippen LogP) is 3.17.